The topological polar surface area (TPSA) is 76.1 Å². The quantitative estimate of drug-likeness (QED) is 0.667. The van der Waals surface area contributed by atoms with Gasteiger partial charge in [-0.15, -0.1) is 0 Å². The van der Waals surface area contributed by atoms with Crippen molar-refractivity contribution >= 4 is 17.5 Å². The Hall–Kier alpha value is -3.41. The van der Waals surface area contributed by atoms with Crippen LogP contribution in [0.3, 0.4) is 0 Å². The van der Waals surface area contributed by atoms with Gasteiger partial charge in [0.15, 0.2) is 0 Å². The summed E-state index contributed by atoms with van der Waals surface area (Å²) in [5.74, 6) is 0.797. The summed E-state index contributed by atoms with van der Waals surface area (Å²) in [5.41, 5.74) is 3.26. The molecular weight excluding hydrogens is 340 g/mol. The van der Waals surface area contributed by atoms with Crippen LogP contribution in [0.15, 0.2) is 60.8 Å². The van der Waals surface area contributed by atoms with Crippen molar-refractivity contribution in [1.29, 1.82) is 0 Å². The zero-order chi connectivity index (χ0) is 19.1. The number of amides is 1. The maximum absolute atomic E-state index is 12.4. The molecule has 0 aliphatic carbocycles. The van der Waals surface area contributed by atoms with Crippen LogP contribution < -0.4 is 15.4 Å². The lowest BCUT2D eigenvalue weighted by molar-refractivity contribution is 0.0946. The van der Waals surface area contributed by atoms with Crippen molar-refractivity contribution in [3.8, 4) is 5.75 Å². The van der Waals surface area contributed by atoms with E-state index in [0.29, 0.717) is 30.5 Å². The van der Waals surface area contributed by atoms with Crippen molar-refractivity contribution in [2.75, 3.05) is 11.9 Å². The first kappa shape index (κ1) is 18.4. The van der Waals surface area contributed by atoms with Gasteiger partial charge in [-0.3, -0.25) is 4.79 Å². The first-order chi connectivity index (χ1) is 13.2. The highest BCUT2D eigenvalue weighted by molar-refractivity contribution is 5.92. The molecule has 2 N–H and O–H groups in total. The third-order valence-corrected chi connectivity index (χ3v) is 4.02. The molecule has 0 saturated heterocycles. The van der Waals surface area contributed by atoms with Gasteiger partial charge in [0.05, 0.1) is 12.3 Å². The second-order valence-electron chi connectivity index (χ2n) is 5.93. The number of hydrogen-bond donors (Lipinski definition) is 2. The maximum atomic E-state index is 12.4. The van der Waals surface area contributed by atoms with Crippen LogP contribution in [0.5, 0.6) is 5.75 Å². The second-order valence-corrected chi connectivity index (χ2v) is 5.93. The molecule has 138 valence electrons. The standard InChI is InChI=1S/C21H22N4O2/c1-3-27-19-11-7-6-10-17(19)24-21-22-13-12-18(25-21)20(26)23-14-16-9-5-4-8-15(16)2/h4-13H,3,14H2,1-2H3,(H,23,26)(H,22,24,25). The van der Waals surface area contributed by atoms with Crippen LogP contribution in [0.2, 0.25) is 0 Å². The molecule has 0 aliphatic rings. The van der Waals surface area contributed by atoms with Gasteiger partial charge in [0.1, 0.15) is 11.4 Å². The molecule has 3 aromatic rings. The average molecular weight is 362 g/mol. The Morgan fingerprint density at radius 3 is 2.67 bits per heavy atom. The molecule has 0 spiro atoms. The number of anilines is 2. The summed E-state index contributed by atoms with van der Waals surface area (Å²) < 4.78 is 5.59. The smallest absolute Gasteiger partial charge is 0.270 e. The summed E-state index contributed by atoms with van der Waals surface area (Å²) in [6, 6.07) is 17.1. The molecule has 0 aliphatic heterocycles. The number of para-hydroxylation sites is 2. The Kier molecular flexibility index (Phi) is 5.99. The van der Waals surface area contributed by atoms with Gasteiger partial charge >= 0.3 is 0 Å². The number of aryl methyl sites for hydroxylation is 1. The van der Waals surface area contributed by atoms with E-state index in [1.165, 1.54) is 0 Å². The number of carbonyl (C=O) groups is 1. The molecule has 6 heteroatoms. The minimum absolute atomic E-state index is 0.248. The van der Waals surface area contributed by atoms with Crippen LogP contribution in [-0.4, -0.2) is 22.5 Å². The van der Waals surface area contributed by atoms with Gasteiger partial charge in [0.25, 0.3) is 5.91 Å². The van der Waals surface area contributed by atoms with Crippen molar-refractivity contribution in [1.82, 2.24) is 15.3 Å². The van der Waals surface area contributed by atoms with E-state index >= 15 is 0 Å². The van der Waals surface area contributed by atoms with E-state index in [1.807, 2.05) is 62.4 Å². The normalized spacial score (nSPS) is 10.3. The summed E-state index contributed by atoms with van der Waals surface area (Å²) in [6.07, 6.45) is 1.56. The van der Waals surface area contributed by atoms with Crippen LogP contribution >= 0.6 is 0 Å². The minimum atomic E-state index is -0.248. The number of rotatable bonds is 7. The van der Waals surface area contributed by atoms with Gasteiger partial charge < -0.3 is 15.4 Å². The lowest BCUT2D eigenvalue weighted by Gasteiger charge is -2.12. The SMILES string of the molecule is CCOc1ccccc1Nc1nccc(C(=O)NCc2ccccc2C)n1. The Morgan fingerprint density at radius 2 is 1.85 bits per heavy atom. The zero-order valence-electron chi connectivity index (χ0n) is 15.4. The maximum Gasteiger partial charge on any atom is 0.270 e. The Morgan fingerprint density at radius 1 is 1.07 bits per heavy atom. The third-order valence-electron chi connectivity index (χ3n) is 4.02. The van der Waals surface area contributed by atoms with Crippen molar-refractivity contribution in [2.24, 2.45) is 0 Å². The van der Waals surface area contributed by atoms with E-state index in [9.17, 15) is 4.79 Å². The predicted octanol–water partition coefficient (Wildman–Crippen LogP) is 3.86. The summed E-state index contributed by atoms with van der Waals surface area (Å²) in [5, 5.41) is 6.01. The average Bonchev–Trinajstić information content (AvgIpc) is 2.69. The lowest BCUT2D eigenvalue weighted by atomic mass is 10.1. The Labute approximate surface area is 158 Å². The van der Waals surface area contributed by atoms with Gasteiger partial charge in [0, 0.05) is 12.7 Å². The Bertz CT molecular complexity index is 927. The molecule has 2 aromatic carbocycles. The second kappa shape index (κ2) is 8.80. The highest BCUT2D eigenvalue weighted by Crippen LogP contribution is 2.25. The van der Waals surface area contributed by atoms with Crippen LogP contribution in [0, 0.1) is 6.92 Å². The van der Waals surface area contributed by atoms with Crippen LogP contribution in [0.25, 0.3) is 0 Å². The number of ether oxygens (including phenoxy) is 1. The number of hydrogen-bond acceptors (Lipinski definition) is 5. The summed E-state index contributed by atoms with van der Waals surface area (Å²) in [4.78, 5) is 21.0. The number of nitrogens with zero attached hydrogens (tertiary/aromatic N) is 2. The fourth-order valence-corrected chi connectivity index (χ4v) is 2.59. The van der Waals surface area contributed by atoms with Gasteiger partial charge in [-0.2, -0.15) is 0 Å². The number of nitrogens with one attached hydrogen (secondary N) is 2. The fraction of sp³-hybridized carbons (Fsp3) is 0.190. The molecule has 0 radical (unpaired) electrons. The van der Waals surface area contributed by atoms with Gasteiger partial charge in [-0.05, 0) is 43.2 Å². The lowest BCUT2D eigenvalue weighted by Crippen LogP contribution is -2.24. The van der Waals surface area contributed by atoms with Crippen LogP contribution in [0.1, 0.15) is 28.5 Å². The molecule has 27 heavy (non-hydrogen) atoms. The molecule has 0 saturated carbocycles. The molecule has 1 aromatic heterocycles. The molecular formula is C21H22N4O2. The molecule has 0 bridgehead atoms. The monoisotopic (exact) mass is 362 g/mol. The molecule has 0 unspecified atom stereocenters. The van der Waals surface area contributed by atoms with E-state index in [2.05, 4.69) is 20.6 Å². The van der Waals surface area contributed by atoms with E-state index in [4.69, 9.17) is 4.74 Å². The van der Waals surface area contributed by atoms with Gasteiger partial charge in [0.2, 0.25) is 5.95 Å². The molecule has 1 heterocycles. The molecule has 3 rings (SSSR count). The van der Waals surface area contributed by atoms with Crippen molar-refractivity contribution in [3.63, 3.8) is 0 Å². The van der Waals surface area contributed by atoms with E-state index < -0.39 is 0 Å². The summed E-state index contributed by atoms with van der Waals surface area (Å²) in [6.45, 7) is 4.95. The molecule has 0 atom stereocenters. The highest BCUT2D eigenvalue weighted by atomic mass is 16.5. The Balaban J connectivity index is 1.70. The van der Waals surface area contributed by atoms with Crippen LogP contribution in [0.4, 0.5) is 11.6 Å². The van der Waals surface area contributed by atoms with Crippen molar-refractivity contribution in [2.45, 2.75) is 20.4 Å². The number of benzene rings is 2. The first-order valence-electron chi connectivity index (χ1n) is 8.82. The molecule has 1 amide bonds. The largest absolute Gasteiger partial charge is 0.492 e. The van der Waals surface area contributed by atoms with E-state index in [0.717, 1.165) is 16.8 Å². The van der Waals surface area contributed by atoms with Crippen molar-refractivity contribution in [3.05, 3.63) is 77.6 Å². The summed E-state index contributed by atoms with van der Waals surface area (Å²) >= 11 is 0. The molecule has 6 nitrogen and oxygen atoms in total. The number of aromatic nitrogens is 2. The van der Waals surface area contributed by atoms with Gasteiger partial charge in [-0.25, -0.2) is 9.97 Å². The van der Waals surface area contributed by atoms with E-state index in [-0.39, 0.29) is 5.91 Å². The highest BCUT2D eigenvalue weighted by Gasteiger charge is 2.10. The predicted molar refractivity (Wildman–Crippen MR) is 105 cm³/mol. The number of carbonyl (C=O) groups excluding carboxylic acids is 1. The third kappa shape index (κ3) is 4.82. The zero-order valence-corrected chi connectivity index (χ0v) is 15.4. The minimum Gasteiger partial charge on any atom is -0.492 e. The fourth-order valence-electron chi connectivity index (χ4n) is 2.59. The first-order valence-corrected chi connectivity index (χ1v) is 8.82. The summed E-state index contributed by atoms with van der Waals surface area (Å²) in [7, 11) is 0. The van der Waals surface area contributed by atoms with Gasteiger partial charge in [-0.1, -0.05) is 36.4 Å². The van der Waals surface area contributed by atoms with Crippen molar-refractivity contribution < 1.29 is 9.53 Å². The van der Waals surface area contributed by atoms with E-state index in [1.54, 1.807) is 12.3 Å². The molecule has 0 fully saturated rings. The van der Waals surface area contributed by atoms with Crippen LogP contribution in [-0.2, 0) is 6.54 Å².